The number of hydrogen-bond acceptors (Lipinski definition) is 10. The van der Waals surface area contributed by atoms with E-state index in [0.717, 1.165) is 43.6 Å². The predicted molar refractivity (Wildman–Crippen MR) is 258 cm³/mol. The van der Waals surface area contributed by atoms with E-state index in [1.165, 1.54) is 23.8 Å². The molecule has 2 saturated heterocycles. The number of phenols is 1. The van der Waals surface area contributed by atoms with Crippen LogP contribution in [-0.2, 0) is 34.7 Å². The zero-order valence-corrected chi connectivity index (χ0v) is 38.0. The van der Waals surface area contributed by atoms with Crippen molar-refractivity contribution in [3.05, 3.63) is 177 Å². The summed E-state index contributed by atoms with van der Waals surface area (Å²) in [7, 11) is 0. The molecule has 68 heavy (non-hydrogen) atoms. The predicted octanol–water partition coefficient (Wildman–Crippen LogP) is 5.88. The van der Waals surface area contributed by atoms with Gasteiger partial charge in [-0.05, 0) is 116 Å². The number of piperidine rings is 2. The summed E-state index contributed by atoms with van der Waals surface area (Å²) in [4.78, 5) is 57.8. The van der Waals surface area contributed by atoms with Crippen molar-refractivity contribution in [3.8, 4) is 11.5 Å². The molecule has 1 aromatic heterocycles. The number of pyridine rings is 1. The molecule has 3 heterocycles. The summed E-state index contributed by atoms with van der Waals surface area (Å²) in [6, 6.07) is 37.2. The van der Waals surface area contributed by atoms with Crippen LogP contribution >= 0.6 is 0 Å². The second kappa shape index (κ2) is 21.9. The Bertz CT molecular complexity index is 2750. The van der Waals surface area contributed by atoms with Crippen molar-refractivity contribution in [3.63, 3.8) is 0 Å². The van der Waals surface area contributed by atoms with Gasteiger partial charge in [0.15, 0.2) is 6.61 Å². The van der Waals surface area contributed by atoms with Gasteiger partial charge in [-0.1, -0.05) is 84.9 Å². The second-order valence-electron chi connectivity index (χ2n) is 18.1. The van der Waals surface area contributed by atoms with E-state index in [1.54, 1.807) is 59.5 Å². The Morgan fingerprint density at radius 3 is 2.26 bits per heavy atom. The first-order chi connectivity index (χ1) is 32.9. The molecule has 2 aliphatic heterocycles. The highest BCUT2D eigenvalue weighted by molar-refractivity contribution is 5.94. The number of H-pyrrole nitrogens is 1. The molecule has 0 bridgehead atoms. The number of nitrogens with zero attached hydrogens (tertiary/aromatic N) is 2. The fraction of sp³-hybridized carbons (Fsp3) is 0.333. The van der Waals surface area contributed by atoms with E-state index < -0.39 is 17.7 Å². The van der Waals surface area contributed by atoms with E-state index in [2.05, 4.69) is 44.8 Å². The fourth-order valence-electron chi connectivity index (χ4n) is 9.51. The molecule has 0 radical (unpaired) electrons. The molecule has 14 nitrogen and oxygen atoms in total. The lowest BCUT2D eigenvalue weighted by molar-refractivity contribution is -0.155. The van der Waals surface area contributed by atoms with Crippen molar-refractivity contribution in [2.75, 3.05) is 45.9 Å². The Kier molecular flexibility index (Phi) is 15.3. The molecular weight excluding hydrogens is 863 g/mol. The van der Waals surface area contributed by atoms with Gasteiger partial charge in [0.2, 0.25) is 11.2 Å². The van der Waals surface area contributed by atoms with E-state index in [1.807, 2.05) is 30.3 Å². The van der Waals surface area contributed by atoms with Gasteiger partial charge in [-0.2, -0.15) is 0 Å². The van der Waals surface area contributed by atoms with Crippen LogP contribution in [0.15, 0.2) is 132 Å². The third kappa shape index (κ3) is 11.5. The Labute approximate surface area is 395 Å². The van der Waals surface area contributed by atoms with E-state index in [0.29, 0.717) is 73.4 Å². The van der Waals surface area contributed by atoms with Gasteiger partial charge in [-0.3, -0.25) is 19.3 Å². The molecule has 14 heteroatoms. The number of benzene rings is 5. The van der Waals surface area contributed by atoms with Crippen molar-refractivity contribution in [2.45, 2.75) is 56.9 Å². The molecule has 354 valence electrons. The van der Waals surface area contributed by atoms with Crippen LogP contribution in [0.3, 0.4) is 0 Å². The van der Waals surface area contributed by atoms with E-state index in [4.69, 9.17) is 4.74 Å². The highest BCUT2D eigenvalue weighted by atomic mass is 16.5. The minimum atomic E-state index is -2.34. The minimum absolute atomic E-state index is 0.0714. The molecule has 0 unspecified atom stereocenters. The number of aliphatic hydroxyl groups excluding tert-OH is 1. The largest absolute Gasteiger partial charge is 0.506 e. The van der Waals surface area contributed by atoms with Gasteiger partial charge >= 0.3 is 5.97 Å². The second-order valence-corrected chi connectivity index (χ2v) is 18.1. The number of carboxylic acids is 1. The molecule has 8 rings (SSSR count). The van der Waals surface area contributed by atoms with Crippen LogP contribution < -0.4 is 20.9 Å². The third-order valence-electron chi connectivity index (χ3n) is 13.5. The van der Waals surface area contributed by atoms with Crippen LogP contribution in [0.25, 0.3) is 10.9 Å². The molecule has 2 aliphatic rings. The minimum Gasteiger partial charge on any atom is -0.506 e. The van der Waals surface area contributed by atoms with Crippen molar-refractivity contribution in [1.82, 2.24) is 25.4 Å². The lowest BCUT2D eigenvalue weighted by Crippen LogP contribution is -2.43. The lowest BCUT2D eigenvalue weighted by atomic mass is 9.80. The number of ether oxygens (including phenoxy) is 1. The van der Waals surface area contributed by atoms with E-state index in [-0.39, 0.29) is 59.0 Å². The topological polar surface area (TPSA) is 205 Å². The maximum Gasteiger partial charge on any atom is 0.345 e. The van der Waals surface area contributed by atoms with Crippen molar-refractivity contribution < 1.29 is 39.5 Å². The lowest BCUT2D eigenvalue weighted by Gasteiger charge is -2.33. The van der Waals surface area contributed by atoms with E-state index >= 15 is 0 Å². The van der Waals surface area contributed by atoms with Crippen LogP contribution in [0.4, 0.5) is 0 Å². The zero-order valence-electron chi connectivity index (χ0n) is 38.0. The Hall–Kier alpha value is -6.84. The maximum absolute atomic E-state index is 13.3. The molecule has 0 saturated carbocycles. The van der Waals surface area contributed by atoms with Crippen LogP contribution in [0.1, 0.15) is 75.5 Å². The van der Waals surface area contributed by atoms with Gasteiger partial charge in [0.25, 0.3) is 11.8 Å². The number of carbonyl (C=O) groups is 3. The third-order valence-corrected chi connectivity index (χ3v) is 13.5. The maximum atomic E-state index is 13.3. The van der Waals surface area contributed by atoms with Crippen LogP contribution in [-0.4, -0.2) is 98.9 Å². The highest BCUT2D eigenvalue weighted by Gasteiger charge is 2.42. The Balaban J connectivity index is 0.772. The van der Waals surface area contributed by atoms with Crippen molar-refractivity contribution in [1.29, 1.82) is 0 Å². The van der Waals surface area contributed by atoms with Crippen LogP contribution in [0.5, 0.6) is 11.5 Å². The molecule has 7 N–H and O–H groups in total. The van der Waals surface area contributed by atoms with Gasteiger partial charge < -0.3 is 45.7 Å². The number of aliphatic hydroxyl groups is 2. The van der Waals surface area contributed by atoms with Crippen LogP contribution in [0.2, 0.25) is 0 Å². The van der Waals surface area contributed by atoms with E-state index in [9.17, 15) is 39.6 Å². The first-order valence-electron chi connectivity index (χ1n) is 23.4. The number of rotatable bonds is 18. The standard InChI is InChI=1S/C54H59N5O9/c60-47-19-17-44(45-18-20-49(62)57-51(45)47)48(61)33-55-31-37-13-15-40(16-14-37)52(64)56-32-38-23-27-59(28-24-38)50(63)35-68-43-11-6-10-42(30-43)54(67,53(65)66)46-12-5-4-9-41(46)29-36-21-25-58(26-22-36)34-39-7-2-1-3-8-39/h1-20,30,36,38,48,55,60-61,67H,21-29,31-35H2,(H,56,64)(H,57,62)(H,65,66)/t48-,54-/m0/s1. The summed E-state index contributed by atoms with van der Waals surface area (Å²) < 4.78 is 5.92. The number of fused-ring (bicyclic) bond motifs is 1. The quantitative estimate of drug-likeness (QED) is 0.0543. The summed E-state index contributed by atoms with van der Waals surface area (Å²) in [5, 5.41) is 50.4. The van der Waals surface area contributed by atoms with Crippen molar-refractivity contribution in [2.24, 2.45) is 11.8 Å². The average molecular weight is 922 g/mol. The molecule has 5 aromatic carbocycles. The number of carboxylic acid groups (broad SMARTS) is 1. The molecular formula is C54H59N5O9. The summed E-state index contributed by atoms with van der Waals surface area (Å²) in [6.45, 7) is 4.69. The Morgan fingerprint density at radius 1 is 0.794 bits per heavy atom. The number of carbonyl (C=O) groups excluding carboxylic acids is 2. The smallest absolute Gasteiger partial charge is 0.345 e. The number of aromatic amines is 1. The monoisotopic (exact) mass is 921 g/mol. The zero-order chi connectivity index (χ0) is 47.6. The van der Waals surface area contributed by atoms with Gasteiger partial charge in [0, 0.05) is 67.4 Å². The summed E-state index contributed by atoms with van der Waals surface area (Å²) in [6.07, 6.45) is 3.11. The number of aromatic nitrogens is 1. The van der Waals surface area contributed by atoms with Crippen LogP contribution in [0, 0.1) is 11.8 Å². The van der Waals surface area contributed by atoms with Gasteiger partial charge in [0.05, 0.1) is 11.6 Å². The van der Waals surface area contributed by atoms with Gasteiger partial charge in [0.1, 0.15) is 11.5 Å². The number of aliphatic carboxylic acids is 1. The summed E-state index contributed by atoms with van der Waals surface area (Å²) >= 11 is 0. The number of aromatic hydroxyl groups is 1. The number of phenolic OH excluding ortho intramolecular Hbond substituents is 1. The molecule has 0 spiro atoms. The van der Waals surface area contributed by atoms with Gasteiger partial charge in [-0.15, -0.1) is 0 Å². The molecule has 2 amide bonds. The summed E-state index contributed by atoms with van der Waals surface area (Å²) in [5.41, 5.74) is 2.15. The number of amides is 2. The Morgan fingerprint density at radius 2 is 1.51 bits per heavy atom. The highest BCUT2D eigenvalue weighted by Crippen LogP contribution is 2.36. The SMILES string of the molecule is O=C(NCC1CCN(C(=O)COc2cccc([C@@](O)(C(=O)O)c3ccccc3CC3CCN(Cc4ccccc4)CC3)c2)CC1)c1ccc(CNC[C@H](O)c2ccc(O)c3[nH]c(=O)ccc23)cc1. The molecule has 0 aliphatic carbocycles. The first-order valence-corrected chi connectivity index (χ1v) is 23.4. The van der Waals surface area contributed by atoms with Crippen molar-refractivity contribution >= 4 is 28.7 Å². The average Bonchev–Trinajstić information content (AvgIpc) is 3.36. The summed E-state index contributed by atoms with van der Waals surface area (Å²) in [5.74, 6) is -1.06. The fourth-order valence-corrected chi connectivity index (χ4v) is 9.51. The molecule has 6 aromatic rings. The molecule has 2 atom stereocenters. The number of likely N-dealkylation sites (tertiary alicyclic amines) is 2. The molecule has 2 fully saturated rings. The first kappa shape index (κ1) is 47.6. The number of nitrogens with one attached hydrogen (secondary N) is 3. The van der Waals surface area contributed by atoms with Gasteiger partial charge in [-0.25, -0.2) is 4.79 Å². The number of hydrogen-bond donors (Lipinski definition) is 7. The normalized spacial score (nSPS) is 16.2.